The van der Waals surface area contributed by atoms with Crippen molar-refractivity contribution in [2.45, 2.75) is 6.92 Å². The number of halogens is 1. The number of hydrogen-bond acceptors (Lipinski definition) is 2. The molecule has 64 valence electrons. The number of fused-ring (bicyclic) bond motifs is 1. The summed E-state index contributed by atoms with van der Waals surface area (Å²) in [6.45, 7) is 3.66. The van der Waals surface area contributed by atoms with Gasteiger partial charge in [-0.1, -0.05) is 0 Å². The third kappa shape index (κ3) is 1.11. The summed E-state index contributed by atoms with van der Waals surface area (Å²) in [6, 6.07) is 3.06. The van der Waals surface area contributed by atoms with Crippen LogP contribution in [0, 0.1) is 12.7 Å². The van der Waals surface area contributed by atoms with Gasteiger partial charge in [0, 0.05) is 13.1 Å². The standard InChI is InChI=1S/C9H11FN2/c1-6-4-7(10)5-8-9(6)12-3-2-11-8/h4-5,11-12H,2-3H2,1H3. The molecular formula is C9H11FN2. The summed E-state index contributed by atoms with van der Waals surface area (Å²) in [6.07, 6.45) is 0. The molecule has 0 atom stereocenters. The van der Waals surface area contributed by atoms with Crippen LogP contribution in [0.4, 0.5) is 15.8 Å². The maximum Gasteiger partial charge on any atom is 0.125 e. The number of aryl methyl sites for hydroxylation is 1. The summed E-state index contributed by atoms with van der Waals surface area (Å²) in [5.41, 5.74) is 2.86. The van der Waals surface area contributed by atoms with Crippen molar-refractivity contribution in [2.24, 2.45) is 0 Å². The SMILES string of the molecule is Cc1cc(F)cc2c1NCCN2. The van der Waals surface area contributed by atoms with Crippen molar-refractivity contribution in [3.05, 3.63) is 23.5 Å². The average Bonchev–Trinajstić information content (AvgIpc) is 2.04. The summed E-state index contributed by atoms with van der Waals surface area (Å²) < 4.78 is 12.9. The predicted octanol–water partition coefficient (Wildman–Crippen LogP) is 1.97. The van der Waals surface area contributed by atoms with Crippen LogP contribution in [0.15, 0.2) is 12.1 Å². The summed E-state index contributed by atoms with van der Waals surface area (Å²) >= 11 is 0. The first-order chi connectivity index (χ1) is 5.77. The molecule has 0 unspecified atom stereocenters. The normalized spacial score (nSPS) is 14.5. The van der Waals surface area contributed by atoms with Crippen molar-refractivity contribution in [2.75, 3.05) is 23.7 Å². The zero-order valence-corrected chi connectivity index (χ0v) is 6.95. The Labute approximate surface area is 70.8 Å². The van der Waals surface area contributed by atoms with E-state index in [0.29, 0.717) is 0 Å². The van der Waals surface area contributed by atoms with Crippen LogP contribution in [0.3, 0.4) is 0 Å². The smallest absolute Gasteiger partial charge is 0.125 e. The van der Waals surface area contributed by atoms with Gasteiger partial charge in [-0.15, -0.1) is 0 Å². The maximum atomic E-state index is 12.9. The van der Waals surface area contributed by atoms with Gasteiger partial charge in [0.15, 0.2) is 0 Å². The number of anilines is 2. The molecule has 0 aliphatic carbocycles. The molecule has 0 spiro atoms. The van der Waals surface area contributed by atoms with Crippen molar-refractivity contribution in [3.63, 3.8) is 0 Å². The molecule has 0 amide bonds. The molecule has 12 heavy (non-hydrogen) atoms. The van der Waals surface area contributed by atoms with Crippen molar-refractivity contribution < 1.29 is 4.39 Å². The minimum Gasteiger partial charge on any atom is -0.382 e. The molecule has 0 saturated heterocycles. The Balaban J connectivity index is 2.53. The molecule has 1 aromatic carbocycles. The van der Waals surface area contributed by atoms with Crippen LogP contribution in [0.2, 0.25) is 0 Å². The first-order valence-corrected chi connectivity index (χ1v) is 4.05. The van der Waals surface area contributed by atoms with E-state index in [2.05, 4.69) is 10.6 Å². The van der Waals surface area contributed by atoms with Crippen molar-refractivity contribution >= 4 is 11.4 Å². The van der Waals surface area contributed by atoms with Crippen molar-refractivity contribution in [1.29, 1.82) is 0 Å². The van der Waals surface area contributed by atoms with Crippen LogP contribution in [0.5, 0.6) is 0 Å². The van der Waals surface area contributed by atoms with E-state index in [1.165, 1.54) is 6.07 Å². The van der Waals surface area contributed by atoms with Crippen molar-refractivity contribution in [3.8, 4) is 0 Å². The van der Waals surface area contributed by atoms with E-state index >= 15 is 0 Å². The highest BCUT2D eigenvalue weighted by Crippen LogP contribution is 2.28. The van der Waals surface area contributed by atoms with E-state index in [4.69, 9.17) is 0 Å². The highest BCUT2D eigenvalue weighted by molar-refractivity contribution is 5.74. The fourth-order valence-corrected chi connectivity index (χ4v) is 1.50. The van der Waals surface area contributed by atoms with Gasteiger partial charge in [-0.25, -0.2) is 4.39 Å². The Kier molecular flexibility index (Phi) is 1.64. The lowest BCUT2D eigenvalue weighted by atomic mass is 10.1. The monoisotopic (exact) mass is 166 g/mol. The third-order valence-corrected chi connectivity index (χ3v) is 2.04. The molecule has 2 N–H and O–H groups in total. The molecule has 1 aliphatic heterocycles. The number of benzene rings is 1. The molecule has 2 nitrogen and oxygen atoms in total. The minimum atomic E-state index is -0.178. The van der Waals surface area contributed by atoms with Crippen LogP contribution in [0.1, 0.15) is 5.56 Å². The molecule has 0 radical (unpaired) electrons. The molecule has 1 heterocycles. The van der Waals surface area contributed by atoms with E-state index in [1.54, 1.807) is 6.07 Å². The first kappa shape index (κ1) is 7.40. The quantitative estimate of drug-likeness (QED) is 0.615. The van der Waals surface area contributed by atoms with E-state index in [-0.39, 0.29) is 5.82 Å². The molecule has 3 heteroatoms. The Hall–Kier alpha value is -1.25. The second-order valence-electron chi connectivity index (χ2n) is 3.00. The van der Waals surface area contributed by atoms with Gasteiger partial charge in [-0.2, -0.15) is 0 Å². The summed E-state index contributed by atoms with van der Waals surface area (Å²) in [5.74, 6) is -0.178. The zero-order chi connectivity index (χ0) is 8.55. The number of rotatable bonds is 0. The van der Waals surface area contributed by atoms with E-state index in [0.717, 1.165) is 30.0 Å². The van der Waals surface area contributed by atoms with E-state index in [9.17, 15) is 4.39 Å². The second kappa shape index (κ2) is 2.66. The molecule has 0 aromatic heterocycles. The third-order valence-electron chi connectivity index (χ3n) is 2.04. The molecule has 2 rings (SSSR count). The largest absolute Gasteiger partial charge is 0.382 e. The summed E-state index contributed by atoms with van der Waals surface area (Å²) in [7, 11) is 0. The minimum absolute atomic E-state index is 0.178. The Bertz CT molecular complexity index is 310. The Morgan fingerprint density at radius 2 is 2.00 bits per heavy atom. The van der Waals surface area contributed by atoms with Crippen molar-refractivity contribution in [1.82, 2.24) is 0 Å². The fourth-order valence-electron chi connectivity index (χ4n) is 1.50. The van der Waals surface area contributed by atoms with Crippen LogP contribution in [0.25, 0.3) is 0 Å². The molecule has 0 saturated carbocycles. The maximum absolute atomic E-state index is 12.9. The topological polar surface area (TPSA) is 24.1 Å². The lowest BCUT2D eigenvalue weighted by Crippen LogP contribution is -2.21. The zero-order valence-electron chi connectivity index (χ0n) is 6.95. The van der Waals surface area contributed by atoms with Gasteiger partial charge >= 0.3 is 0 Å². The summed E-state index contributed by atoms with van der Waals surface area (Å²) in [4.78, 5) is 0. The van der Waals surface area contributed by atoms with Gasteiger partial charge in [0.25, 0.3) is 0 Å². The van der Waals surface area contributed by atoms with Gasteiger partial charge in [-0.05, 0) is 24.6 Å². The Morgan fingerprint density at radius 1 is 1.25 bits per heavy atom. The molecular weight excluding hydrogens is 155 g/mol. The molecule has 0 bridgehead atoms. The van der Waals surface area contributed by atoms with Crippen LogP contribution >= 0.6 is 0 Å². The lowest BCUT2D eigenvalue weighted by Gasteiger charge is -2.21. The highest BCUT2D eigenvalue weighted by Gasteiger charge is 2.10. The number of nitrogens with one attached hydrogen (secondary N) is 2. The molecule has 1 aromatic rings. The van der Waals surface area contributed by atoms with Gasteiger partial charge in [0.1, 0.15) is 5.82 Å². The number of hydrogen-bond donors (Lipinski definition) is 2. The van der Waals surface area contributed by atoms with Gasteiger partial charge in [-0.3, -0.25) is 0 Å². The Morgan fingerprint density at radius 3 is 2.83 bits per heavy atom. The molecule has 0 fully saturated rings. The molecule has 1 aliphatic rings. The second-order valence-corrected chi connectivity index (χ2v) is 3.00. The lowest BCUT2D eigenvalue weighted by molar-refractivity contribution is 0.627. The van der Waals surface area contributed by atoms with Crippen LogP contribution in [-0.2, 0) is 0 Å². The predicted molar refractivity (Wildman–Crippen MR) is 48.1 cm³/mol. The van der Waals surface area contributed by atoms with E-state index in [1.807, 2.05) is 6.92 Å². The van der Waals surface area contributed by atoms with E-state index < -0.39 is 0 Å². The van der Waals surface area contributed by atoms with Crippen LogP contribution in [-0.4, -0.2) is 13.1 Å². The average molecular weight is 166 g/mol. The highest BCUT2D eigenvalue weighted by atomic mass is 19.1. The fraction of sp³-hybridized carbons (Fsp3) is 0.333. The van der Waals surface area contributed by atoms with Crippen LogP contribution < -0.4 is 10.6 Å². The first-order valence-electron chi connectivity index (χ1n) is 4.05. The van der Waals surface area contributed by atoms with Gasteiger partial charge in [0.2, 0.25) is 0 Å². The van der Waals surface area contributed by atoms with Gasteiger partial charge < -0.3 is 10.6 Å². The summed E-state index contributed by atoms with van der Waals surface area (Å²) in [5, 5.41) is 6.37. The van der Waals surface area contributed by atoms with Gasteiger partial charge in [0.05, 0.1) is 11.4 Å².